The van der Waals surface area contributed by atoms with Gasteiger partial charge in [0.25, 0.3) is 0 Å². The zero-order chi connectivity index (χ0) is 13.9. The molecule has 0 N–H and O–H groups in total. The number of rotatable bonds is 2. The molecule has 1 radical (unpaired) electrons. The molecule has 0 aliphatic rings. The van der Waals surface area contributed by atoms with Crippen LogP contribution in [0.5, 0.6) is 0 Å². The van der Waals surface area contributed by atoms with E-state index in [0.29, 0.717) is 0 Å². The van der Waals surface area contributed by atoms with Gasteiger partial charge in [-0.15, -0.1) is 17.3 Å². The molecule has 2 nitrogen and oxygen atoms in total. The van der Waals surface area contributed by atoms with E-state index in [0.717, 1.165) is 11.3 Å². The fourth-order valence-corrected chi connectivity index (χ4v) is 2.25. The summed E-state index contributed by atoms with van der Waals surface area (Å²) < 4.78 is 2.12. The van der Waals surface area contributed by atoms with E-state index in [9.17, 15) is 0 Å². The fraction of sp³-hybridized carbons (Fsp3) is 0.111. The SMILES string of the molecule is Cc1c[c-]c(-c2[c-]cccn2)cc1-c1cccc[n+]1C.[Y]. The van der Waals surface area contributed by atoms with Gasteiger partial charge in [0.1, 0.15) is 7.05 Å². The van der Waals surface area contributed by atoms with Crippen molar-refractivity contribution in [2.75, 3.05) is 0 Å². The van der Waals surface area contributed by atoms with Crippen LogP contribution < -0.4 is 4.57 Å². The third-order valence-corrected chi connectivity index (χ3v) is 3.35. The predicted octanol–water partition coefficient (Wildman–Crippen LogP) is 3.15. The Bertz CT molecular complexity index is 739. The number of benzene rings is 1. The summed E-state index contributed by atoms with van der Waals surface area (Å²) in [5.41, 5.74) is 5.37. The largest absolute Gasteiger partial charge is 0.344 e. The molecule has 101 valence electrons. The summed E-state index contributed by atoms with van der Waals surface area (Å²) in [5, 5.41) is 0. The van der Waals surface area contributed by atoms with E-state index in [4.69, 9.17) is 0 Å². The molecule has 3 aromatic rings. The molecular weight excluding hydrogens is 333 g/mol. The molecule has 0 aliphatic heterocycles. The van der Waals surface area contributed by atoms with Crippen molar-refractivity contribution in [3.8, 4) is 22.5 Å². The van der Waals surface area contributed by atoms with Crippen LogP contribution in [-0.4, -0.2) is 4.98 Å². The molecule has 0 aliphatic carbocycles. The minimum absolute atomic E-state index is 0. The van der Waals surface area contributed by atoms with E-state index in [-0.39, 0.29) is 32.7 Å². The van der Waals surface area contributed by atoms with Gasteiger partial charge in [-0.05, 0) is 17.8 Å². The number of nitrogens with zero attached hydrogens (tertiary/aromatic N) is 2. The zero-order valence-electron chi connectivity index (χ0n) is 12.2. The standard InChI is InChI=1S/C18H15N2.Y/c1-14-9-10-15(17-7-3-5-11-19-17)13-16(14)18-8-4-6-12-20(18)2;/h3-6,8-9,11-13H,1-2H3;/q-1;. The Labute approximate surface area is 150 Å². The molecule has 0 unspecified atom stereocenters. The summed E-state index contributed by atoms with van der Waals surface area (Å²) in [7, 11) is 2.05. The van der Waals surface area contributed by atoms with Gasteiger partial charge in [0.05, 0.1) is 0 Å². The molecule has 2 heterocycles. The average Bonchev–Trinajstić information content (AvgIpc) is 2.49. The van der Waals surface area contributed by atoms with E-state index in [1.54, 1.807) is 6.20 Å². The van der Waals surface area contributed by atoms with Crippen LogP contribution in [0.25, 0.3) is 22.5 Å². The normalized spacial score (nSPS) is 10.0. The summed E-state index contributed by atoms with van der Waals surface area (Å²) in [6.07, 6.45) is 3.83. The van der Waals surface area contributed by atoms with E-state index < -0.39 is 0 Å². The molecular formula is C18H15N2Y-. The number of aromatic nitrogens is 2. The molecule has 0 bridgehead atoms. The van der Waals surface area contributed by atoms with E-state index >= 15 is 0 Å². The first-order chi connectivity index (χ1) is 9.75. The Morgan fingerprint density at radius 1 is 1.14 bits per heavy atom. The Balaban J connectivity index is 0.00000161. The summed E-state index contributed by atoms with van der Waals surface area (Å²) in [4.78, 5) is 4.34. The number of hydrogen-bond acceptors (Lipinski definition) is 1. The zero-order valence-corrected chi connectivity index (χ0v) is 15.0. The third kappa shape index (κ3) is 3.45. The number of hydrogen-bond donors (Lipinski definition) is 0. The minimum Gasteiger partial charge on any atom is -0.344 e. The molecule has 2 aromatic heterocycles. The maximum Gasteiger partial charge on any atom is 0.192 e. The number of pyridine rings is 2. The van der Waals surface area contributed by atoms with Crippen LogP contribution >= 0.6 is 0 Å². The summed E-state index contributed by atoms with van der Waals surface area (Å²) in [5.74, 6) is 0. The molecule has 0 amide bonds. The van der Waals surface area contributed by atoms with Gasteiger partial charge in [-0.25, -0.2) is 22.3 Å². The van der Waals surface area contributed by atoms with Gasteiger partial charge in [0, 0.05) is 44.8 Å². The Kier molecular flexibility index (Phi) is 5.38. The van der Waals surface area contributed by atoms with Crippen molar-refractivity contribution in [1.82, 2.24) is 4.98 Å². The van der Waals surface area contributed by atoms with Crippen LogP contribution in [0.15, 0.2) is 54.9 Å². The maximum atomic E-state index is 4.34. The van der Waals surface area contributed by atoms with Crippen LogP contribution in [0.3, 0.4) is 0 Å². The Hall–Kier alpha value is -1.38. The van der Waals surface area contributed by atoms with Crippen molar-refractivity contribution in [3.63, 3.8) is 0 Å². The quantitative estimate of drug-likeness (QED) is 0.514. The smallest absolute Gasteiger partial charge is 0.192 e. The van der Waals surface area contributed by atoms with Gasteiger partial charge in [-0.2, -0.15) is 18.2 Å². The first-order valence-corrected chi connectivity index (χ1v) is 6.56. The second-order valence-corrected chi connectivity index (χ2v) is 4.77. The second kappa shape index (κ2) is 7.06. The third-order valence-electron chi connectivity index (χ3n) is 3.35. The monoisotopic (exact) mass is 348 g/mol. The number of aryl methyl sites for hydroxylation is 2. The van der Waals surface area contributed by atoms with Crippen LogP contribution in [0.2, 0.25) is 0 Å². The van der Waals surface area contributed by atoms with Gasteiger partial charge in [-0.1, -0.05) is 6.92 Å². The van der Waals surface area contributed by atoms with Crippen molar-refractivity contribution in [2.45, 2.75) is 6.92 Å². The van der Waals surface area contributed by atoms with Gasteiger partial charge >= 0.3 is 0 Å². The van der Waals surface area contributed by atoms with Gasteiger partial charge in [0.15, 0.2) is 11.9 Å². The van der Waals surface area contributed by atoms with Crippen LogP contribution in [-0.2, 0) is 39.8 Å². The van der Waals surface area contributed by atoms with Gasteiger partial charge < -0.3 is 4.98 Å². The van der Waals surface area contributed by atoms with Gasteiger partial charge in [0.2, 0.25) is 0 Å². The molecule has 0 saturated carbocycles. The fourth-order valence-electron chi connectivity index (χ4n) is 2.25. The van der Waals surface area contributed by atoms with Crippen molar-refractivity contribution in [1.29, 1.82) is 0 Å². The molecule has 0 saturated heterocycles. The first kappa shape index (κ1) is 16.0. The summed E-state index contributed by atoms with van der Waals surface area (Å²) in [6.45, 7) is 2.10. The molecule has 0 fully saturated rings. The van der Waals surface area contributed by atoms with Crippen molar-refractivity contribution in [3.05, 3.63) is 72.6 Å². The van der Waals surface area contributed by atoms with Crippen molar-refractivity contribution < 1.29 is 37.3 Å². The Morgan fingerprint density at radius 2 is 2.00 bits per heavy atom. The topological polar surface area (TPSA) is 16.8 Å². The second-order valence-electron chi connectivity index (χ2n) is 4.77. The minimum atomic E-state index is 0. The molecule has 1 aromatic carbocycles. The first-order valence-electron chi connectivity index (χ1n) is 6.56. The average molecular weight is 348 g/mol. The molecule has 21 heavy (non-hydrogen) atoms. The van der Waals surface area contributed by atoms with Crippen molar-refractivity contribution >= 4 is 0 Å². The molecule has 0 atom stereocenters. The van der Waals surface area contributed by atoms with E-state index in [1.165, 1.54) is 16.8 Å². The Morgan fingerprint density at radius 3 is 2.71 bits per heavy atom. The molecule has 3 heteroatoms. The maximum absolute atomic E-state index is 4.34. The molecule has 0 spiro atoms. The van der Waals surface area contributed by atoms with Crippen LogP contribution in [0.4, 0.5) is 0 Å². The summed E-state index contributed by atoms with van der Waals surface area (Å²) in [6, 6.07) is 20.5. The van der Waals surface area contributed by atoms with Crippen LogP contribution in [0, 0.1) is 19.1 Å². The van der Waals surface area contributed by atoms with E-state index in [1.807, 2.05) is 24.3 Å². The van der Waals surface area contributed by atoms with Crippen molar-refractivity contribution in [2.24, 2.45) is 7.05 Å². The predicted molar refractivity (Wildman–Crippen MR) is 78.7 cm³/mol. The molecule has 3 rings (SSSR count). The van der Waals surface area contributed by atoms with Crippen LogP contribution in [0.1, 0.15) is 5.56 Å². The van der Waals surface area contributed by atoms with E-state index in [2.05, 4.69) is 60.1 Å². The van der Waals surface area contributed by atoms with Gasteiger partial charge in [-0.3, -0.25) is 0 Å². The summed E-state index contributed by atoms with van der Waals surface area (Å²) >= 11 is 0.